The Labute approximate surface area is 112 Å². The van der Waals surface area contributed by atoms with Crippen LogP contribution >= 0.6 is 0 Å². The maximum atomic E-state index is 12.0. The number of nitrogens with zero attached hydrogens (tertiary/aromatic N) is 2. The van der Waals surface area contributed by atoms with Crippen molar-refractivity contribution in [3.63, 3.8) is 0 Å². The van der Waals surface area contributed by atoms with E-state index in [0.29, 0.717) is 12.3 Å². The van der Waals surface area contributed by atoms with Crippen LogP contribution in [0.25, 0.3) is 0 Å². The molecule has 0 unspecified atom stereocenters. The van der Waals surface area contributed by atoms with Gasteiger partial charge in [-0.25, -0.2) is 4.99 Å². The lowest BCUT2D eigenvalue weighted by atomic mass is 9.97. The molecule has 0 aromatic carbocycles. The first-order valence-electron chi connectivity index (χ1n) is 6.37. The predicted octanol–water partition coefficient (Wildman–Crippen LogP) is 2.50. The van der Waals surface area contributed by atoms with Gasteiger partial charge in [0.15, 0.2) is 8.32 Å². The zero-order valence-corrected chi connectivity index (χ0v) is 14.0. The van der Waals surface area contributed by atoms with E-state index in [1.165, 1.54) is 0 Å². The molecule has 1 N–H and O–H groups in total. The average molecular weight is 272 g/mol. The van der Waals surface area contributed by atoms with Gasteiger partial charge in [-0.15, -0.1) is 0 Å². The molecule has 0 aliphatic heterocycles. The summed E-state index contributed by atoms with van der Waals surface area (Å²) in [6.07, 6.45) is 0.672. The number of aliphatic imine (C=N–C) groups is 1. The second-order valence-electron chi connectivity index (χ2n) is 6.44. The van der Waals surface area contributed by atoms with Gasteiger partial charge in [0.2, 0.25) is 5.91 Å². The maximum absolute atomic E-state index is 12.0. The monoisotopic (exact) mass is 272 g/mol. The summed E-state index contributed by atoms with van der Waals surface area (Å²) in [7, 11) is 1.46. The molecule has 0 aliphatic rings. The van der Waals surface area contributed by atoms with E-state index in [1.54, 1.807) is 0 Å². The van der Waals surface area contributed by atoms with Crippen molar-refractivity contribution in [3.05, 3.63) is 0 Å². The van der Waals surface area contributed by atoms with E-state index >= 15 is 0 Å². The fraction of sp³-hybridized carbons (Fsp3) is 0.846. The number of hydrogen-bond donors (Lipinski definition) is 1. The van der Waals surface area contributed by atoms with E-state index < -0.39 is 8.32 Å². The highest BCUT2D eigenvalue weighted by Crippen LogP contribution is 2.41. The van der Waals surface area contributed by atoms with Gasteiger partial charge in [0.1, 0.15) is 5.84 Å². The maximum Gasteiger partial charge on any atom is 0.250 e. The highest BCUT2D eigenvalue weighted by molar-refractivity contribution is 6.72. The van der Waals surface area contributed by atoms with Crippen molar-refractivity contribution in [2.45, 2.75) is 52.2 Å². The van der Waals surface area contributed by atoms with Crippen molar-refractivity contribution in [1.82, 2.24) is 4.90 Å². The van der Waals surface area contributed by atoms with Crippen molar-refractivity contribution < 1.29 is 9.59 Å². The van der Waals surface area contributed by atoms with Crippen molar-refractivity contribution in [3.8, 4) is 0 Å². The molecule has 0 aliphatic carbocycles. The average Bonchev–Trinajstić information content (AvgIpc) is 2.14. The Morgan fingerprint density at radius 1 is 1.39 bits per heavy atom. The van der Waals surface area contributed by atoms with Gasteiger partial charge in [-0.1, -0.05) is 20.8 Å². The van der Waals surface area contributed by atoms with Crippen LogP contribution in [-0.4, -0.2) is 43.9 Å². The quantitative estimate of drug-likeness (QED) is 0.486. The van der Waals surface area contributed by atoms with Gasteiger partial charge in [0.05, 0.1) is 0 Å². The third kappa shape index (κ3) is 4.90. The Bertz CT molecular complexity index is 330. The summed E-state index contributed by atoms with van der Waals surface area (Å²) < 4.78 is 0. The Morgan fingerprint density at radius 3 is 2.17 bits per heavy atom. The molecule has 0 aromatic rings. The number of rotatable bonds is 4. The molecule has 5 heteroatoms. The molecule has 0 aromatic heterocycles. The van der Waals surface area contributed by atoms with Gasteiger partial charge in [0, 0.05) is 20.0 Å². The highest BCUT2D eigenvalue weighted by Gasteiger charge is 2.39. The minimum atomic E-state index is -2.27. The molecule has 18 heavy (non-hydrogen) atoms. The smallest absolute Gasteiger partial charge is 0.250 e. The van der Waals surface area contributed by atoms with Crippen molar-refractivity contribution in [2.75, 3.05) is 14.1 Å². The van der Waals surface area contributed by atoms with Crippen LogP contribution in [0, 0.1) is 5.92 Å². The summed E-state index contributed by atoms with van der Waals surface area (Å²) >= 11 is 0. The van der Waals surface area contributed by atoms with Crippen LogP contribution in [0.1, 0.15) is 34.1 Å². The van der Waals surface area contributed by atoms with Crippen LogP contribution in [0.5, 0.6) is 0 Å². The Morgan fingerprint density at radius 2 is 1.83 bits per heavy atom. The van der Waals surface area contributed by atoms with Gasteiger partial charge in [-0.3, -0.25) is 4.79 Å². The Kier molecular flexibility index (Phi) is 5.75. The number of carbonyl (C=O) groups is 1. The van der Waals surface area contributed by atoms with Gasteiger partial charge in [-0.05, 0) is 31.5 Å². The molecule has 4 nitrogen and oxygen atoms in total. The number of carbonyl (C=O) groups excluding carboxylic acids is 1. The molecule has 106 valence electrons. The zero-order valence-electron chi connectivity index (χ0n) is 13.0. The lowest BCUT2D eigenvalue weighted by Crippen LogP contribution is -2.40. The fourth-order valence-corrected chi connectivity index (χ4v) is 2.28. The van der Waals surface area contributed by atoms with Gasteiger partial charge in [0.25, 0.3) is 0 Å². The summed E-state index contributed by atoms with van der Waals surface area (Å²) in [5.41, 5.74) is 0. The molecule has 0 saturated heterocycles. The largest absolute Gasteiger partial charge is 0.432 e. The Hall–Kier alpha value is -0.683. The number of hydrogen-bond acceptors (Lipinski definition) is 2. The van der Waals surface area contributed by atoms with Crippen molar-refractivity contribution >= 4 is 20.1 Å². The molecule has 0 rings (SSSR count). The van der Waals surface area contributed by atoms with Crippen molar-refractivity contribution in [1.29, 1.82) is 0 Å². The molecule has 0 fully saturated rings. The van der Waals surface area contributed by atoms with Crippen LogP contribution in [-0.2, 0) is 4.79 Å². The van der Waals surface area contributed by atoms with E-state index in [-0.39, 0.29) is 16.9 Å². The second kappa shape index (κ2) is 5.97. The summed E-state index contributed by atoms with van der Waals surface area (Å²) in [6.45, 7) is 11.6. The summed E-state index contributed by atoms with van der Waals surface area (Å²) in [5, 5.41) is -0.191. The van der Waals surface area contributed by atoms with Gasteiger partial charge in [-0.2, -0.15) is 0 Å². The molecule has 1 atom stereocenters. The minimum absolute atomic E-state index is 0.104. The van der Waals surface area contributed by atoms with E-state index in [2.05, 4.69) is 4.99 Å². The molecule has 0 heterocycles. The third-order valence-corrected chi connectivity index (χ3v) is 7.33. The van der Waals surface area contributed by atoms with E-state index in [4.69, 9.17) is 0 Å². The first kappa shape index (κ1) is 17.3. The van der Waals surface area contributed by atoms with Crippen LogP contribution in [0.15, 0.2) is 4.99 Å². The highest BCUT2D eigenvalue weighted by atomic mass is 28.4. The van der Waals surface area contributed by atoms with Gasteiger partial charge >= 0.3 is 0 Å². The van der Waals surface area contributed by atoms with E-state index in [1.807, 2.05) is 59.8 Å². The van der Waals surface area contributed by atoms with Crippen LogP contribution in [0.4, 0.5) is 0 Å². The standard InChI is InChI=1S/C13H28N2O2Si/c1-10(9-13(3,4)18(7,8)17)12(16)14-11(2)15(5)6/h10,17H,9H2,1-8H3/t10-/m1/s1. The summed E-state index contributed by atoms with van der Waals surface area (Å²) in [6, 6.07) is 0. The Balaban J connectivity index is 4.75. The third-order valence-electron chi connectivity index (χ3n) is 3.81. The van der Waals surface area contributed by atoms with Crippen LogP contribution in [0.2, 0.25) is 18.1 Å². The lowest BCUT2D eigenvalue weighted by molar-refractivity contribution is -0.121. The molecular formula is C13H28N2O2Si. The normalized spacial score (nSPS) is 15.5. The van der Waals surface area contributed by atoms with Crippen LogP contribution in [0.3, 0.4) is 0 Å². The number of amidine groups is 1. The second-order valence-corrected chi connectivity index (χ2v) is 10.9. The molecule has 0 radical (unpaired) electrons. The van der Waals surface area contributed by atoms with Gasteiger partial charge < -0.3 is 9.70 Å². The zero-order chi connectivity index (χ0) is 14.7. The molecule has 0 bridgehead atoms. The van der Waals surface area contributed by atoms with Crippen molar-refractivity contribution in [2.24, 2.45) is 10.9 Å². The molecule has 0 saturated carbocycles. The van der Waals surface area contributed by atoms with E-state index in [0.717, 1.165) is 0 Å². The fourth-order valence-electron chi connectivity index (χ4n) is 1.47. The first-order valence-corrected chi connectivity index (χ1v) is 9.32. The summed E-state index contributed by atoms with van der Waals surface area (Å²) in [4.78, 5) is 28.1. The molecule has 0 spiro atoms. The molecular weight excluding hydrogens is 244 g/mol. The van der Waals surface area contributed by atoms with E-state index in [9.17, 15) is 9.59 Å². The minimum Gasteiger partial charge on any atom is -0.432 e. The lowest BCUT2D eigenvalue weighted by Gasteiger charge is -2.36. The first-order chi connectivity index (χ1) is 7.88. The summed E-state index contributed by atoms with van der Waals surface area (Å²) in [5.74, 6) is 0.450. The SMILES string of the molecule is CC(=NC(=O)[C@H](C)CC(C)(C)[Si](C)(C)O)N(C)C. The number of amides is 1. The topological polar surface area (TPSA) is 52.9 Å². The molecule has 1 amide bonds. The predicted molar refractivity (Wildman–Crippen MR) is 79.3 cm³/mol. The van der Waals surface area contributed by atoms with Crippen LogP contribution < -0.4 is 0 Å².